The fourth-order valence-electron chi connectivity index (χ4n) is 1.74. The zero-order chi connectivity index (χ0) is 15.1. The molecule has 8 heteroatoms. The fourth-order valence-corrected chi connectivity index (χ4v) is 3.16. The number of anilines is 1. The lowest BCUT2D eigenvalue weighted by Crippen LogP contribution is -2.30. The van der Waals surface area contributed by atoms with E-state index in [1.165, 1.54) is 31.2 Å². The van der Waals surface area contributed by atoms with Crippen LogP contribution in [0.1, 0.15) is 18.4 Å². The average molecular weight is 316 g/mol. The Balaban J connectivity index is 2.37. The van der Waals surface area contributed by atoms with Gasteiger partial charge in [-0.2, -0.15) is 12.7 Å². The molecule has 0 fully saturated rings. The Morgan fingerprint density at radius 2 is 1.85 bits per heavy atom. The van der Waals surface area contributed by atoms with Crippen molar-refractivity contribution in [2.45, 2.75) is 12.8 Å². The van der Waals surface area contributed by atoms with Gasteiger partial charge in [-0.15, -0.1) is 0 Å². The maximum atomic E-state index is 11.8. The standard InChI is InChI=1S/C12H10ClNO5S/c1-7(12(16)17)8-2-4-9(5-3-8)14-11(15)6-10(13)20(14,18)19/h2-7H,1H3,(H,16,17). The van der Waals surface area contributed by atoms with E-state index in [0.717, 1.165) is 6.08 Å². The maximum absolute atomic E-state index is 11.8. The van der Waals surface area contributed by atoms with Gasteiger partial charge >= 0.3 is 5.97 Å². The smallest absolute Gasteiger partial charge is 0.310 e. The van der Waals surface area contributed by atoms with E-state index < -0.39 is 32.2 Å². The van der Waals surface area contributed by atoms with Crippen LogP contribution in [0.4, 0.5) is 5.69 Å². The predicted octanol–water partition coefficient (Wildman–Crippen LogP) is 1.63. The van der Waals surface area contributed by atoms with Gasteiger partial charge in [-0.3, -0.25) is 9.59 Å². The molecule has 1 heterocycles. The number of hydrogen-bond acceptors (Lipinski definition) is 4. The normalized spacial score (nSPS) is 18.8. The lowest BCUT2D eigenvalue weighted by molar-refractivity contribution is -0.138. The highest BCUT2D eigenvalue weighted by Gasteiger charge is 2.37. The largest absolute Gasteiger partial charge is 0.481 e. The van der Waals surface area contributed by atoms with Crippen molar-refractivity contribution in [1.29, 1.82) is 0 Å². The van der Waals surface area contributed by atoms with Crippen molar-refractivity contribution in [1.82, 2.24) is 0 Å². The number of carbonyl (C=O) groups excluding carboxylic acids is 1. The first-order valence-electron chi connectivity index (χ1n) is 5.54. The number of carbonyl (C=O) groups is 2. The predicted molar refractivity (Wildman–Crippen MR) is 72.8 cm³/mol. The summed E-state index contributed by atoms with van der Waals surface area (Å²) in [6.45, 7) is 1.51. The minimum Gasteiger partial charge on any atom is -0.481 e. The topological polar surface area (TPSA) is 91.8 Å². The molecule has 0 aliphatic carbocycles. The van der Waals surface area contributed by atoms with Crippen molar-refractivity contribution < 1.29 is 23.1 Å². The number of rotatable bonds is 3. The number of carboxylic acids is 1. The molecule has 1 atom stereocenters. The molecule has 2 rings (SSSR count). The highest BCUT2D eigenvalue weighted by atomic mass is 35.5. The molecule has 1 aliphatic heterocycles. The van der Waals surface area contributed by atoms with Gasteiger partial charge in [-0.25, -0.2) is 0 Å². The number of sulfonamides is 1. The number of carboxylic acid groups (broad SMARTS) is 1. The average Bonchev–Trinajstić information content (AvgIpc) is 2.57. The Kier molecular flexibility index (Phi) is 3.58. The summed E-state index contributed by atoms with van der Waals surface area (Å²) in [5.41, 5.74) is 0.618. The molecule has 1 unspecified atom stereocenters. The Bertz CT molecular complexity index is 708. The molecule has 0 radical (unpaired) electrons. The van der Waals surface area contributed by atoms with E-state index >= 15 is 0 Å². The lowest BCUT2D eigenvalue weighted by atomic mass is 10.0. The molecule has 1 amide bonds. The minimum absolute atomic E-state index is 0.114. The Hall–Kier alpha value is -1.86. The Labute approximate surface area is 120 Å². The number of amides is 1. The number of nitrogens with zero attached hydrogens (tertiary/aromatic N) is 1. The quantitative estimate of drug-likeness (QED) is 0.915. The molecule has 0 aromatic heterocycles. The zero-order valence-corrected chi connectivity index (χ0v) is 11.9. The van der Waals surface area contributed by atoms with Gasteiger partial charge in [-0.05, 0) is 24.6 Å². The third kappa shape index (κ3) is 2.30. The van der Waals surface area contributed by atoms with Gasteiger partial charge in [0.1, 0.15) is 0 Å². The highest BCUT2D eigenvalue weighted by molar-refractivity contribution is 7.99. The summed E-state index contributed by atoms with van der Waals surface area (Å²) in [6, 6.07) is 5.66. The lowest BCUT2D eigenvalue weighted by Gasteiger charge is -2.16. The van der Waals surface area contributed by atoms with Crippen LogP contribution in [0.15, 0.2) is 34.7 Å². The van der Waals surface area contributed by atoms with Crippen LogP contribution in [0.5, 0.6) is 0 Å². The highest BCUT2D eigenvalue weighted by Crippen LogP contribution is 2.31. The van der Waals surface area contributed by atoms with Gasteiger partial charge < -0.3 is 5.11 Å². The van der Waals surface area contributed by atoms with Crippen LogP contribution < -0.4 is 4.31 Å². The van der Waals surface area contributed by atoms with E-state index in [4.69, 9.17) is 16.7 Å². The molecular formula is C12H10ClNO5S. The Morgan fingerprint density at radius 1 is 1.30 bits per heavy atom. The maximum Gasteiger partial charge on any atom is 0.310 e. The van der Waals surface area contributed by atoms with E-state index in [1.54, 1.807) is 0 Å². The van der Waals surface area contributed by atoms with E-state index in [1.807, 2.05) is 0 Å². The second kappa shape index (κ2) is 4.92. The molecule has 1 aromatic carbocycles. The van der Waals surface area contributed by atoms with Gasteiger partial charge in [0.05, 0.1) is 11.6 Å². The molecule has 6 nitrogen and oxygen atoms in total. The molecule has 1 N–H and O–H groups in total. The number of hydrogen-bond donors (Lipinski definition) is 1. The summed E-state index contributed by atoms with van der Waals surface area (Å²) in [7, 11) is -4.02. The second-order valence-electron chi connectivity index (χ2n) is 4.21. The summed E-state index contributed by atoms with van der Waals surface area (Å²) >= 11 is 5.50. The molecule has 106 valence electrons. The SMILES string of the molecule is CC(C(=O)O)c1ccc(N2C(=O)C=C(Cl)S2(=O)=O)cc1. The summed E-state index contributed by atoms with van der Waals surface area (Å²) in [5.74, 6) is -2.47. The molecule has 0 saturated carbocycles. The van der Waals surface area contributed by atoms with E-state index in [0.29, 0.717) is 9.87 Å². The first-order valence-corrected chi connectivity index (χ1v) is 7.36. The van der Waals surface area contributed by atoms with Crippen LogP contribution >= 0.6 is 11.6 Å². The third-order valence-electron chi connectivity index (χ3n) is 2.92. The summed E-state index contributed by atoms with van der Waals surface area (Å²) in [4.78, 5) is 22.5. The Morgan fingerprint density at radius 3 is 2.25 bits per heavy atom. The summed E-state index contributed by atoms with van der Waals surface area (Å²) in [5, 5.41) is 8.89. The van der Waals surface area contributed by atoms with Gasteiger partial charge in [0.15, 0.2) is 4.36 Å². The summed E-state index contributed by atoms with van der Waals surface area (Å²) in [6.07, 6.45) is 0.824. The molecule has 0 bridgehead atoms. The van der Waals surface area contributed by atoms with E-state index in [2.05, 4.69) is 0 Å². The van der Waals surface area contributed by atoms with Gasteiger partial charge in [0.25, 0.3) is 15.9 Å². The zero-order valence-electron chi connectivity index (χ0n) is 10.3. The minimum atomic E-state index is -4.02. The molecule has 1 aliphatic rings. The molecule has 1 aromatic rings. The monoisotopic (exact) mass is 315 g/mol. The van der Waals surface area contributed by atoms with Crippen molar-refractivity contribution in [3.63, 3.8) is 0 Å². The van der Waals surface area contributed by atoms with Crippen molar-refractivity contribution in [2.75, 3.05) is 4.31 Å². The van der Waals surface area contributed by atoms with Crippen molar-refractivity contribution in [2.24, 2.45) is 0 Å². The van der Waals surface area contributed by atoms with Crippen molar-refractivity contribution in [3.05, 3.63) is 40.3 Å². The molecular weight excluding hydrogens is 306 g/mol. The van der Waals surface area contributed by atoms with Crippen LogP contribution in [0.2, 0.25) is 0 Å². The number of benzene rings is 1. The molecule has 20 heavy (non-hydrogen) atoms. The molecule has 0 spiro atoms. The van der Waals surface area contributed by atoms with Gasteiger partial charge in [0, 0.05) is 6.08 Å². The van der Waals surface area contributed by atoms with Crippen LogP contribution in [-0.4, -0.2) is 25.4 Å². The first-order chi connectivity index (χ1) is 9.25. The second-order valence-corrected chi connectivity index (χ2v) is 6.59. The van der Waals surface area contributed by atoms with Crippen LogP contribution in [-0.2, 0) is 19.6 Å². The van der Waals surface area contributed by atoms with Crippen molar-refractivity contribution in [3.8, 4) is 0 Å². The van der Waals surface area contributed by atoms with Crippen LogP contribution in [0.3, 0.4) is 0 Å². The third-order valence-corrected chi connectivity index (χ3v) is 5.10. The summed E-state index contributed by atoms with van der Waals surface area (Å²) < 4.78 is 23.7. The van der Waals surface area contributed by atoms with E-state index in [-0.39, 0.29) is 5.69 Å². The van der Waals surface area contributed by atoms with Gasteiger partial charge in [-0.1, -0.05) is 23.7 Å². The fraction of sp³-hybridized carbons (Fsp3) is 0.167. The molecule has 0 saturated heterocycles. The van der Waals surface area contributed by atoms with Gasteiger partial charge in [0.2, 0.25) is 0 Å². The van der Waals surface area contributed by atoms with Crippen molar-refractivity contribution >= 4 is 39.2 Å². The first kappa shape index (κ1) is 14.5. The number of aliphatic carboxylic acids is 1. The van der Waals surface area contributed by atoms with Crippen LogP contribution in [0.25, 0.3) is 0 Å². The van der Waals surface area contributed by atoms with E-state index in [9.17, 15) is 18.0 Å². The number of halogens is 1. The van der Waals surface area contributed by atoms with Crippen LogP contribution in [0, 0.1) is 0 Å².